The van der Waals surface area contributed by atoms with E-state index in [0.29, 0.717) is 19.7 Å². The van der Waals surface area contributed by atoms with Crippen molar-refractivity contribution in [1.29, 1.82) is 0 Å². The summed E-state index contributed by atoms with van der Waals surface area (Å²) in [7, 11) is 1.64. The van der Waals surface area contributed by atoms with Crippen molar-refractivity contribution in [1.82, 2.24) is 4.90 Å². The van der Waals surface area contributed by atoms with E-state index in [1.807, 2.05) is 4.90 Å². The molecule has 0 radical (unpaired) electrons. The molecule has 0 aromatic carbocycles. The standard InChI is InChI=1S/C8H19NO3/c1-8(11)7-9(3-5-10)4-6-12-2/h8,10-11H,3-7H2,1-2H3/t8-/m1/s1. The normalized spacial score (nSPS) is 13.8. The minimum Gasteiger partial charge on any atom is -0.395 e. The molecule has 0 saturated heterocycles. The molecule has 0 bridgehead atoms. The van der Waals surface area contributed by atoms with E-state index in [2.05, 4.69) is 0 Å². The fourth-order valence-corrected chi connectivity index (χ4v) is 1.03. The summed E-state index contributed by atoms with van der Waals surface area (Å²) in [6.07, 6.45) is -0.353. The van der Waals surface area contributed by atoms with Crippen LogP contribution in [-0.4, -0.2) is 61.2 Å². The van der Waals surface area contributed by atoms with Crippen LogP contribution >= 0.6 is 0 Å². The van der Waals surface area contributed by atoms with E-state index < -0.39 is 0 Å². The Morgan fingerprint density at radius 2 is 2.08 bits per heavy atom. The van der Waals surface area contributed by atoms with Gasteiger partial charge in [0.15, 0.2) is 0 Å². The Morgan fingerprint density at radius 1 is 1.42 bits per heavy atom. The monoisotopic (exact) mass is 177 g/mol. The molecule has 4 nitrogen and oxygen atoms in total. The SMILES string of the molecule is COCCN(CCO)C[C@@H](C)O. The van der Waals surface area contributed by atoms with Gasteiger partial charge in [-0.05, 0) is 6.92 Å². The first-order valence-electron chi connectivity index (χ1n) is 4.21. The zero-order valence-corrected chi connectivity index (χ0v) is 7.86. The van der Waals surface area contributed by atoms with E-state index in [9.17, 15) is 0 Å². The Hall–Kier alpha value is -0.160. The molecule has 4 heteroatoms. The van der Waals surface area contributed by atoms with Gasteiger partial charge in [0.1, 0.15) is 0 Å². The number of rotatable bonds is 7. The van der Waals surface area contributed by atoms with Gasteiger partial charge in [-0.3, -0.25) is 4.90 Å². The predicted molar refractivity (Wildman–Crippen MR) is 47.1 cm³/mol. The topological polar surface area (TPSA) is 52.9 Å². The maximum Gasteiger partial charge on any atom is 0.0639 e. The van der Waals surface area contributed by atoms with E-state index in [1.165, 1.54) is 0 Å². The number of nitrogens with zero attached hydrogens (tertiary/aromatic N) is 1. The first-order valence-corrected chi connectivity index (χ1v) is 4.21. The highest BCUT2D eigenvalue weighted by Gasteiger charge is 2.06. The van der Waals surface area contributed by atoms with Gasteiger partial charge in [0.05, 0.1) is 19.3 Å². The molecule has 74 valence electrons. The molecule has 0 rings (SSSR count). The molecule has 0 saturated carbocycles. The highest BCUT2D eigenvalue weighted by atomic mass is 16.5. The van der Waals surface area contributed by atoms with Gasteiger partial charge in [0.25, 0.3) is 0 Å². The second-order valence-electron chi connectivity index (χ2n) is 2.87. The molecule has 0 unspecified atom stereocenters. The van der Waals surface area contributed by atoms with Crippen LogP contribution in [0.2, 0.25) is 0 Å². The van der Waals surface area contributed by atoms with Crippen molar-refractivity contribution in [2.24, 2.45) is 0 Å². The molecule has 12 heavy (non-hydrogen) atoms. The van der Waals surface area contributed by atoms with Crippen LogP contribution < -0.4 is 0 Å². The van der Waals surface area contributed by atoms with Crippen LogP contribution in [0.4, 0.5) is 0 Å². The van der Waals surface area contributed by atoms with Crippen LogP contribution in [0.25, 0.3) is 0 Å². The number of aliphatic hydroxyl groups is 2. The lowest BCUT2D eigenvalue weighted by Gasteiger charge is -2.21. The summed E-state index contributed by atoms with van der Waals surface area (Å²) in [5.41, 5.74) is 0. The lowest BCUT2D eigenvalue weighted by atomic mass is 10.3. The van der Waals surface area contributed by atoms with E-state index in [1.54, 1.807) is 14.0 Å². The third kappa shape index (κ3) is 6.54. The van der Waals surface area contributed by atoms with Gasteiger partial charge in [-0.2, -0.15) is 0 Å². The third-order valence-corrected chi connectivity index (χ3v) is 1.55. The maximum absolute atomic E-state index is 9.08. The summed E-state index contributed by atoms with van der Waals surface area (Å²) in [6, 6.07) is 0. The molecule has 0 aromatic rings. The summed E-state index contributed by atoms with van der Waals surface area (Å²) >= 11 is 0. The summed E-state index contributed by atoms with van der Waals surface area (Å²) in [4.78, 5) is 1.97. The van der Waals surface area contributed by atoms with Gasteiger partial charge < -0.3 is 14.9 Å². The Bertz CT molecular complexity index is 98.3. The van der Waals surface area contributed by atoms with Crippen molar-refractivity contribution in [3.63, 3.8) is 0 Å². The Labute approximate surface area is 73.8 Å². The molecule has 0 spiro atoms. The molecule has 0 aromatic heterocycles. The Kier molecular flexibility index (Phi) is 7.39. The Morgan fingerprint density at radius 3 is 2.50 bits per heavy atom. The quantitative estimate of drug-likeness (QED) is 0.540. The second-order valence-corrected chi connectivity index (χ2v) is 2.87. The van der Waals surface area contributed by atoms with Crippen LogP contribution in [0.1, 0.15) is 6.92 Å². The zero-order valence-electron chi connectivity index (χ0n) is 7.86. The summed E-state index contributed by atoms with van der Waals surface area (Å²) in [6.45, 7) is 4.42. The average Bonchev–Trinajstić information content (AvgIpc) is 2.00. The Balaban J connectivity index is 3.54. The van der Waals surface area contributed by atoms with Gasteiger partial charge in [0.2, 0.25) is 0 Å². The fraction of sp³-hybridized carbons (Fsp3) is 1.00. The lowest BCUT2D eigenvalue weighted by Crippen LogP contribution is -2.35. The number of methoxy groups -OCH3 is 1. The number of hydrogen-bond donors (Lipinski definition) is 2. The minimum atomic E-state index is -0.353. The van der Waals surface area contributed by atoms with Crippen LogP contribution in [-0.2, 0) is 4.74 Å². The van der Waals surface area contributed by atoms with Gasteiger partial charge >= 0.3 is 0 Å². The maximum atomic E-state index is 9.08. The van der Waals surface area contributed by atoms with Crippen LogP contribution in [0.3, 0.4) is 0 Å². The zero-order chi connectivity index (χ0) is 9.40. The second kappa shape index (κ2) is 7.49. The van der Waals surface area contributed by atoms with E-state index in [4.69, 9.17) is 14.9 Å². The predicted octanol–water partition coefficient (Wildman–Crippen LogP) is -0.692. The smallest absolute Gasteiger partial charge is 0.0639 e. The van der Waals surface area contributed by atoms with Gasteiger partial charge in [-0.25, -0.2) is 0 Å². The van der Waals surface area contributed by atoms with Gasteiger partial charge in [-0.15, -0.1) is 0 Å². The molecule has 0 amide bonds. The van der Waals surface area contributed by atoms with Crippen LogP contribution in [0.15, 0.2) is 0 Å². The molecule has 0 aliphatic heterocycles. The van der Waals surface area contributed by atoms with Crippen molar-refractivity contribution in [2.75, 3.05) is 40.0 Å². The van der Waals surface area contributed by atoms with E-state index in [-0.39, 0.29) is 12.7 Å². The van der Waals surface area contributed by atoms with Gasteiger partial charge in [-0.1, -0.05) is 0 Å². The van der Waals surface area contributed by atoms with Crippen molar-refractivity contribution in [3.05, 3.63) is 0 Å². The first-order chi connectivity index (χ1) is 5.70. The first kappa shape index (κ1) is 11.8. The molecular weight excluding hydrogens is 158 g/mol. The molecule has 2 N–H and O–H groups in total. The van der Waals surface area contributed by atoms with Crippen molar-refractivity contribution < 1.29 is 14.9 Å². The van der Waals surface area contributed by atoms with E-state index >= 15 is 0 Å². The highest BCUT2D eigenvalue weighted by molar-refractivity contribution is 4.60. The molecule has 1 atom stereocenters. The molecule has 0 aliphatic carbocycles. The minimum absolute atomic E-state index is 0.121. The molecule has 0 fully saturated rings. The summed E-state index contributed by atoms with van der Waals surface area (Å²) in [5, 5.41) is 17.8. The number of ether oxygens (including phenoxy) is 1. The summed E-state index contributed by atoms with van der Waals surface area (Å²) in [5.74, 6) is 0. The third-order valence-electron chi connectivity index (χ3n) is 1.55. The number of aliphatic hydroxyl groups excluding tert-OH is 2. The van der Waals surface area contributed by atoms with Crippen LogP contribution in [0, 0.1) is 0 Å². The van der Waals surface area contributed by atoms with Crippen molar-refractivity contribution >= 4 is 0 Å². The average molecular weight is 177 g/mol. The molecule has 0 heterocycles. The number of hydrogen-bond acceptors (Lipinski definition) is 4. The molecular formula is C8H19NO3. The van der Waals surface area contributed by atoms with Crippen LogP contribution in [0.5, 0.6) is 0 Å². The largest absolute Gasteiger partial charge is 0.395 e. The van der Waals surface area contributed by atoms with Crippen molar-refractivity contribution in [2.45, 2.75) is 13.0 Å². The van der Waals surface area contributed by atoms with E-state index in [0.717, 1.165) is 6.54 Å². The molecule has 0 aliphatic rings. The highest BCUT2D eigenvalue weighted by Crippen LogP contribution is 1.91. The van der Waals surface area contributed by atoms with Crippen molar-refractivity contribution in [3.8, 4) is 0 Å². The summed E-state index contributed by atoms with van der Waals surface area (Å²) < 4.78 is 4.90. The van der Waals surface area contributed by atoms with Gasteiger partial charge in [0, 0.05) is 26.7 Å². The lowest BCUT2D eigenvalue weighted by molar-refractivity contribution is 0.0860. The fourth-order valence-electron chi connectivity index (χ4n) is 1.03.